The van der Waals surface area contributed by atoms with Gasteiger partial charge < -0.3 is 16.4 Å². The van der Waals surface area contributed by atoms with Crippen LogP contribution in [0.3, 0.4) is 0 Å². The lowest BCUT2D eigenvalue weighted by Crippen LogP contribution is -2.52. The van der Waals surface area contributed by atoms with E-state index in [9.17, 15) is 14.4 Å². The van der Waals surface area contributed by atoms with E-state index in [1.165, 1.54) is 0 Å². The molecule has 0 aromatic heterocycles. The third-order valence-corrected chi connectivity index (χ3v) is 3.59. The first-order valence-electron chi connectivity index (χ1n) is 5.79. The van der Waals surface area contributed by atoms with Gasteiger partial charge in [0.15, 0.2) is 11.3 Å². The highest BCUT2D eigenvalue weighted by Gasteiger charge is 2.61. The molecular formula is C11H17N3O3. The van der Waals surface area contributed by atoms with Crippen molar-refractivity contribution < 1.29 is 14.4 Å². The molecule has 0 aromatic carbocycles. The Morgan fingerprint density at radius 3 is 2.47 bits per heavy atom. The summed E-state index contributed by atoms with van der Waals surface area (Å²) in [5.41, 5.74) is 4.09. The van der Waals surface area contributed by atoms with Crippen molar-refractivity contribution in [3.8, 4) is 0 Å². The molecule has 1 spiro atoms. The fourth-order valence-corrected chi connectivity index (χ4v) is 2.50. The standard InChI is InChI=1S/C11H17N3O3/c1-5(2)7-8(15)11(10(17)13-7)3-6(4-12)9(16)14-11/h5-7H,3-4,12H2,1-2H3,(H,13,17)(H,14,16)/t6-,7+,11+/m1/s1. The molecule has 0 unspecified atom stereocenters. The summed E-state index contributed by atoms with van der Waals surface area (Å²) in [6.07, 6.45) is 0.177. The van der Waals surface area contributed by atoms with Crippen molar-refractivity contribution in [2.75, 3.05) is 6.54 Å². The minimum Gasteiger partial charge on any atom is -0.343 e. The van der Waals surface area contributed by atoms with Gasteiger partial charge in [0, 0.05) is 6.54 Å². The van der Waals surface area contributed by atoms with Crippen LogP contribution >= 0.6 is 0 Å². The Hall–Kier alpha value is -1.43. The number of carbonyl (C=O) groups excluding carboxylic acids is 3. The molecule has 0 aromatic rings. The first kappa shape index (κ1) is 12.0. The molecule has 2 amide bonds. The maximum atomic E-state index is 12.2. The second-order valence-corrected chi connectivity index (χ2v) is 5.09. The second kappa shape index (κ2) is 3.80. The van der Waals surface area contributed by atoms with Gasteiger partial charge in [-0.05, 0) is 12.3 Å². The number of ketones is 1. The smallest absolute Gasteiger partial charge is 0.254 e. The second-order valence-electron chi connectivity index (χ2n) is 5.09. The van der Waals surface area contributed by atoms with Crippen LogP contribution in [0.2, 0.25) is 0 Å². The van der Waals surface area contributed by atoms with Crippen LogP contribution in [0.15, 0.2) is 0 Å². The van der Waals surface area contributed by atoms with Crippen LogP contribution in [0, 0.1) is 11.8 Å². The molecule has 3 atom stereocenters. The van der Waals surface area contributed by atoms with E-state index < -0.39 is 23.4 Å². The quantitative estimate of drug-likeness (QED) is 0.513. The van der Waals surface area contributed by atoms with Crippen LogP contribution in [-0.2, 0) is 14.4 Å². The number of carbonyl (C=O) groups is 3. The summed E-state index contributed by atoms with van der Waals surface area (Å²) >= 11 is 0. The summed E-state index contributed by atoms with van der Waals surface area (Å²) < 4.78 is 0. The van der Waals surface area contributed by atoms with Crippen molar-refractivity contribution in [2.45, 2.75) is 31.8 Å². The van der Waals surface area contributed by atoms with E-state index in [2.05, 4.69) is 10.6 Å². The third kappa shape index (κ3) is 1.55. The zero-order valence-corrected chi connectivity index (χ0v) is 9.95. The molecule has 6 nitrogen and oxygen atoms in total. The molecule has 2 fully saturated rings. The first-order chi connectivity index (χ1) is 7.92. The van der Waals surface area contributed by atoms with Gasteiger partial charge in [0.05, 0.1) is 12.0 Å². The Kier molecular flexibility index (Phi) is 2.69. The minimum atomic E-state index is -1.37. The third-order valence-electron chi connectivity index (χ3n) is 3.59. The molecule has 2 aliphatic heterocycles. The molecule has 6 heteroatoms. The predicted octanol–water partition coefficient (Wildman–Crippen LogP) is -1.46. The molecule has 4 N–H and O–H groups in total. The summed E-state index contributed by atoms with van der Waals surface area (Å²) in [4.78, 5) is 35.8. The lowest BCUT2D eigenvalue weighted by Gasteiger charge is -2.18. The lowest BCUT2D eigenvalue weighted by molar-refractivity contribution is -0.133. The van der Waals surface area contributed by atoms with Crippen molar-refractivity contribution in [1.82, 2.24) is 10.6 Å². The molecule has 2 rings (SSSR count). The number of Topliss-reactive ketones (excluding diaryl/α,β-unsaturated/α-hetero) is 1. The number of hydrogen-bond donors (Lipinski definition) is 3. The van der Waals surface area contributed by atoms with E-state index in [1.54, 1.807) is 0 Å². The van der Waals surface area contributed by atoms with E-state index in [4.69, 9.17) is 5.73 Å². The van der Waals surface area contributed by atoms with Crippen LogP contribution in [-0.4, -0.2) is 35.7 Å². The maximum absolute atomic E-state index is 12.2. The van der Waals surface area contributed by atoms with Crippen LogP contribution < -0.4 is 16.4 Å². The fourth-order valence-electron chi connectivity index (χ4n) is 2.50. The molecular weight excluding hydrogens is 222 g/mol. The maximum Gasteiger partial charge on any atom is 0.254 e. The SMILES string of the molecule is CC(C)[C@@H]1NC(=O)[C@]2(C[C@H](CN)C(=O)N2)C1=O. The van der Waals surface area contributed by atoms with E-state index >= 15 is 0 Å². The van der Waals surface area contributed by atoms with Gasteiger partial charge in [-0.2, -0.15) is 0 Å². The Morgan fingerprint density at radius 2 is 2.06 bits per heavy atom. The largest absolute Gasteiger partial charge is 0.343 e. The molecule has 2 heterocycles. The average Bonchev–Trinajstić information content (AvgIpc) is 2.72. The number of nitrogens with one attached hydrogen (secondary N) is 2. The molecule has 2 aliphatic rings. The zero-order valence-electron chi connectivity index (χ0n) is 9.95. The van der Waals surface area contributed by atoms with Crippen molar-refractivity contribution in [1.29, 1.82) is 0 Å². The summed E-state index contributed by atoms with van der Waals surface area (Å²) in [5, 5.41) is 5.19. The minimum absolute atomic E-state index is 0.0136. The van der Waals surface area contributed by atoms with Crippen LogP contribution in [0.5, 0.6) is 0 Å². The number of amides is 2. The molecule has 0 aliphatic carbocycles. The Balaban J connectivity index is 2.31. The lowest BCUT2D eigenvalue weighted by atomic mass is 9.86. The van der Waals surface area contributed by atoms with Crippen LogP contribution in [0.4, 0.5) is 0 Å². The van der Waals surface area contributed by atoms with Gasteiger partial charge in [0.2, 0.25) is 5.91 Å². The van der Waals surface area contributed by atoms with E-state index in [1.807, 2.05) is 13.8 Å². The van der Waals surface area contributed by atoms with Gasteiger partial charge in [-0.1, -0.05) is 13.8 Å². The summed E-state index contributed by atoms with van der Waals surface area (Å²) in [5.74, 6) is -1.37. The van der Waals surface area contributed by atoms with Gasteiger partial charge >= 0.3 is 0 Å². The van der Waals surface area contributed by atoms with Gasteiger partial charge in [-0.3, -0.25) is 14.4 Å². The van der Waals surface area contributed by atoms with E-state index in [-0.39, 0.29) is 30.6 Å². The number of rotatable bonds is 2. The van der Waals surface area contributed by atoms with Crippen LogP contribution in [0.1, 0.15) is 20.3 Å². The Morgan fingerprint density at radius 1 is 1.41 bits per heavy atom. The molecule has 94 valence electrons. The summed E-state index contributed by atoms with van der Waals surface area (Å²) in [7, 11) is 0. The van der Waals surface area contributed by atoms with E-state index in [0.29, 0.717) is 0 Å². The van der Waals surface area contributed by atoms with Crippen molar-refractivity contribution in [2.24, 2.45) is 17.6 Å². The fraction of sp³-hybridized carbons (Fsp3) is 0.727. The normalized spacial score (nSPS) is 36.8. The molecule has 0 saturated carbocycles. The molecule has 17 heavy (non-hydrogen) atoms. The van der Waals surface area contributed by atoms with Gasteiger partial charge in [-0.15, -0.1) is 0 Å². The van der Waals surface area contributed by atoms with Crippen LogP contribution in [0.25, 0.3) is 0 Å². The number of nitrogens with two attached hydrogens (primary N) is 1. The van der Waals surface area contributed by atoms with Gasteiger partial charge in [0.1, 0.15) is 0 Å². The highest BCUT2D eigenvalue weighted by Crippen LogP contribution is 2.32. The first-order valence-corrected chi connectivity index (χ1v) is 5.79. The monoisotopic (exact) mass is 239 g/mol. The molecule has 0 radical (unpaired) electrons. The number of hydrogen-bond acceptors (Lipinski definition) is 4. The summed E-state index contributed by atoms with van der Waals surface area (Å²) in [6, 6.07) is -0.515. The average molecular weight is 239 g/mol. The highest BCUT2D eigenvalue weighted by molar-refractivity contribution is 6.21. The zero-order chi connectivity index (χ0) is 12.8. The van der Waals surface area contributed by atoms with Crippen molar-refractivity contribution in [3.63, 3.8) is 0 Å². The van der Waals surface area contributed by atoms with Crippen molar-refractivity contribution >= 4 is 17.6 Å². The topological polar surface area (TPSA) is 101 Å². The Labute approximate surface area is 99.3 Å². The van der Waals surface area contributed by atoms with Crippen molar-refractivity contribution in [3.05, 3.63) is 0 Å². The van der Waals surface area contributed by atoms with E-state index in [0.717, 1.165) is 0 Å². The predicted molar refractivity (Wildman–Crippen MR) is 59.8 cm³/mol. The highest BCUT2D eigenvalue weighted by atomic mass is 16.2. The van der Waals surface area contributed by atoms with Gasteiger partial charge in [-0.25, -0.2) is 0 Å². The molecule has 2 saturated heterocycles. The van der Waals surface area contributed by atoms with Gasteiger partial charge in [0.25, 0.3) is 5.91 Å². The molecule has 0 bridgehead atoms. The summed E-state index contributed by atoms with van der Waals surface area (Å²) in [6.45, 7) is 3.87. The Bertz CT molecular complexity index is 393.